The first-order valence-corrected chi connectivity index (χ1v) is 5.54. The number of thioether (sulfide) groups is 1. The average Bonchev–Trinajstić information content (AvgIpc) is 2.37. The van der Waals surface area contributed by atoms with E-state index >= 15 is 0 Å². The lowest BCUT2D eigenvalue weighted by Gasteiger charge is -1.91. The van der Waals surface area contributed by atoms with Crippen molar-refractivity contribution >= 4 is 27.7 Å². The maximum absolute atomic E-state index is 5.15. The Morgan fingerprint density at radius 3 is 3.09 bits per heavy atom. The van der Waals surface area contributed by atoms with E-state index in [1.807, 2.05) is 6.92 Å². The van der Waals surface area contributed by atoms with Gasteiger partial charge in [0.25, 0.3) is 5.22 Å². The van der Waals surface area contributed by atoms with Gasteiger partial charge in [-0.2, -0.15) is 0 Å². The van der Waals surface area contributed by atoms with Crippen molar-refractivity contribution < 1.29 is 4.42 Å². The van der Waals surface area contributed by atoms with Crippen LogP contribution in [0.1, 0.15) is 12.1 Å². The predicted molar refractivity (Wildman–Crippen MR) is 50.4 cm³/mol. The van der Waals surface area contributed by atoms with Crippen LogP contribution in [0, 0.1) is 6.92 Å². The summed E-state index contributed by atoms with van der Waals surface area (Å²) in [6.07, 6.45) is 2.82. The molecule has 1 heterocycles. The SMILES string of the molecule is Cc1coc(SCCCBr)n1. The Bertz CT molecular complexity index is 214. The van der Waals surface area contributed by atoms with Crippen molar-refractivity contribution in [3.8, 4) is 0 Å². The van der Waals surface area contributed by atoms with Gasteiger partial charge in [0, 0.05) is 11.1 Å². The highest BCUT2D eigenvalue weighted by Gasteiger charge is 1.99. The molecule has 0 saturated heterocycles. The summed E-state index contributed by atoms with van der Waals surface area (Å²) < 4.78 is 5.15. The van der Waals surface area contributed by atoms with Crippen molar-refractivity contribution in [2.45, 2.75) is 18.6 Å². The Labute approximate surface area is 78.9 Å². The zero-order valence-electron chi connectivity index (χ0n) is 6.34. The van der Waals surface area contributed by atoms with E-state index in [2.05, 4.69) is 20.9 Å². The first-order valence-electron chi connectivity index (χ1n) is 3.44. The van der Waals surface area contributed by atoms with Crippen molar-refractivity contribution in [2.75, 3.05) is 11.1 Å². The van der Waals surface area contributed by atoms with Gasteiger partial charge in [0.15, 0.2) is 0 Å². The highest BCUT2D eigenvalue weighted by molar-refractivity contribution is 9.09. The normalized spacial score (nSPS) is 10.4. The minimum atomic E-state index is 0.781. The molecule has 11 heavy (non-hydrogen) atoms. The summed E-state index contributed by atoms with van der Waals surface area (Å²) in [5.74, 6) is 1.06. The minimum absolute atomic E-state index is 0.781. The number of aromatic nitrogens is 1. The smallest absolute Gasteiger partial charge is 0.255 e. The number of alkyl halides is 1. The molecule has 0 saturated carbocycles. The van der Waals surface area contributed by atoms with Gasteiger partial charge in [-0.1, -0.05) is 27.7 Å². The maximum atomic E-state index is 5.15. The molecule has 0 N–H and O–H groups in total. The van der Waals surface area contributed by atoms with Gasteiger partial charge in [0.2, 0.25) is 0 Å². The second kappa shape index (κ2) is 4.83. The molecule has 0 radical (unpaired) electrons. The second-order valence-electron chi connectivity index (χ2n) is 2.15. The number of halogens is 1. The molecular formula is C7H10BrNOS. The van der Waals surface area contributed by atoms with Crippen molar-refractivity contribution in [3.63, 3.8) is 0 Å². The van der Waals surface area contributed by atoms with Crippen LogP contribution < -0.4 is 0 Å². The van der Waals surface area contributed by atoms with Gasteiger partial charge < -0.3 is 4.42 Å². The number of nitrogens with zero attached hydrogens (tertiary/aromatic N) is 1. The molecule has 0 unspecified atom stereocenters. The van der Waals surface area contributed by atoms with Crippen LogP contribution in [0.5, 0.6) is 0 Å². The Kier molecular flexibility index (Phi) is 4.01. The molecular weight excluding hydrogens is 226 g/mol. The molecule has 0 fully saturated rings. The quantitative estimate of drug-likeness (QED) is 0.456. The third kappa shape index (κ3) is 3.29. The number of aryl methyl sites for hydroxylation is 1. The molecule has 0 spiro atoms. The monoisotopic (exact) mass is 235 g/mol. The molecule has 1 aromatic rings. The average molecular weight is 236 g/mol. The van der Waals surface area contributed by atoms with Gasteiger partial charge in [-0.15, -0.1) is 0 Å². The zero-order chi connectivity index (χ0) is 8.10. The second-order valence-corrected chi connectivity index (χ2v) is 3.98. The molecule has 2 nitrogen and oxygen atoms in total. The third-order valence-electron chi connectivity index (χ3n) is 1.10. The summed E-state index contributed by atoms with van der Waals surface area (Å²) in [5.41, 5.74) is 0.950. The van der Waals surface area contributed by atoms with Crippen LogP contribution in [-0.2, 0) is 0 Å². The van der Waals surface area contributed by atoms with E-state index in [4.69, 9.17) is 4.42 Å². The fraction of sp³-hybridized carbons (Fsp3) is 0.571. The van der Waals surface area contributed by atoms with Crippen LogP contribution in [0.2, 0.25) is 0 Å². The van der Waals surface area contributed by atoms with Gasteiger partial charge in [0.1, 0.15) is 6.26 Å². The van der Waals surface area contributed by atoms with E-state index in [0.29, 0.717) is 0 Å². The van der Waals surface area contributed by atoms with Crippen molar-refractivity contribution in [1.82, 2.24) is 4.98 Å². The molecule has 0 atom stereocenters. The minimum Gasteiger partial charge on any atom is -0.440 e. The van der Waals surface area contributed by atoms with Crippen molar-refractivity contribution in [2.24, 2.45) is 0 Å². The van der Waals surface area contributed by atoms with Gasteiger partial charge in [-0.3, -0.25) is 0 Å². The van der Waals surface area contributed by atoms with Crippen molar-refractivity contribution in [3.05, 3.63) is 12.0 Å². The molecule has 0 aliphatic rings. The van der Waals surface area contributed by atoms with E-state index in [1.165, 1.54) is 0 Å². The van der Waals surface area contributed by atoms with E-state index in [-0.39, 0.29) is 0 Å². The summed E-state index contributed by atoms with van der Waals surface area (Å²) in [4.78, 5) is 4.16. The Morgan fingerprint density at radius 2 is 2.55 bits per heavy atom. The molecule has 0 aliphatic heterocycles. The third-order valence-corrected chi connectivity index (χ3v) is 2.59. The van der Waals surface area contributed by atoms with Crippen molar-refractivity contribution in [1.29, 1.82) is 0 Å². The van der Waals surface area contributed by atoms with Gasteiger partial charge in [-0.25, -0.2) is 4.98 Å². The van der Waals surface area contributed by atoms with Crippen LogP contribution in [-0.4, -0.2) is 16.1 Å². The van der Waals surface area contributed by atoms with Gasteiger partial charge in [-0.05, 0) is 13.3 Å². The van der Waals surface area contributed by atoms with Crippen LogP contribution in [0.15, 0.2) is 15.9 Å². The molecule has 62 valence electrons. The lowest BCUT2D eigenvalue weighted by molar-refractivity contribution is 0.454. The summed E-state index contributed by atoms with van der Waals surface area (Å²) >= 11 is 5.02. The largest absolute Gasteiger partial charge is 0.440 e. The number of hydrogen-bond donors (Lipinski definition) is 0. The first-order chi connectivity index (χ1) is 5.33. The number of oxazole rings is 1. The fourth-order valence-corrected chi connectivity index (χ4v) is 2.05. The van der Waals surface area contributed by atoms with Crippen LogP contribution in [0.25, 0.3) is 0 Å². The van der Waals surface area contributed by atoms with Crippen LogP contribution in [0.3, 0.4) is 0 Å². The molecule has 4 heteroatoms. The Balaban J connectivity index is 2.27. The summed E-state index contributed by atoms with van der Waals surface area (Å²) in [7, 11) is 0. The van der Waals surface area contributed by atoms with E-state index < -0.39 is 0 Å². The Hall–Kier alpha value is 0.0400. The predicted octanol–water partition coefficient (Wildman–Crippen LogP) is 2.86. The molecule has 0 bridgehead atoms. The van der Waals surface area contributed by atoms with E-state index in [0.717, 1.165) is 28.4 Å². The zero-order valence-corrected chi connectivity index (χ0v) is 8.74. The first kappa shape index (κ1) is 9.13. The molecule has 1 aromatic heterocycles. The summed E-state index contributed by atoms with van der Waals surface area (Å²) in [6.45, 7) is 1.93. The highest BCUT2D eigenvalue weighted by Crippen LogP contribution is 2.17. The molecule has 0 aromatic carbocycles. The summed E-state index contributed by atoms with van der Waals surface area (Å²) in [6, 6.07) is 0. The lowest BCUT2D eigenvalue weighted by Crippen LogP contribution is -1.80. The standard InChI is InChI=1S/C7H10BrNOS/c1-6-5-10-7(9-6)11-4-2-3-8/h5H,2-4H2,1H3. The van der Waals surface area contributed by atoms with E-state index in [1.54, 1.807) is 18.0 Å². The van der Waals surface area contributed by atoms with Crippen LogP contribution >= 0.6 is 27.7 Å². The maximum Gasteiger partial charge on any atom is 0.255 e. The number of hydrogen-bond acceptors (Lipinski definition) is 3. The highest BCUT2D eigenvalue weighted by atomic mass is 79.9. The Morgan fingerprint density at radius 1 is 1.73 bits per heavy atom. The molecule has 0 amide bonds. The van der Waals surface area contributed by atoms with E-state index in [9.17, 15) is 0 Å². The fourth-order valence-electron chi connectivity index (χ4n) is 0.613. The summed E-state index contributed by atoms with van der Waals surface area (Å²) in [5, 5.41) is 1.82. The molecule has 1 rings (SSSR count). The number of rotatable bonds is 4. The van der Waals surface area contributed by atoms with Gasteiger partial charge in [0.05, 0.1) is 5.69 Å². The lowest BCUT2D eigenvalue weighted by atomic mass is 10.6. The van der Waals surface area contributed by atoms with Crippen LogP contribution in [0.4, 0.5) is 0 Å². The molecule has 0 aliphatic carbocycles. The topological polar surface area (TPSA) is 26.0 Å². The van der Waals surface area contributed by atoms with Gasteiger partial charge >= 0.3 is 0 Å².